The van der Waals surface area contributed by atoms with Gasteiger partial charge in [0.15, 0.2) is 5.96 Å². The first-order chi connectivity index (χ1) is 13.2. The van der Waals surface area contributed by atoms with E-state index < -0.39 is 0 Å². The molecule has 0 aromatic heterocycles. The van der Waals surface area contributed by atoms with Crippen LogP contribution in [0.5, 0.6) is 0 Å². The molecule has 0 amide bonds. The van der Waals surface area contributed by atoms with Gasteiger partial charge in [-0.25, -0.2) is 4.39 Å². The molecule has 0 radical (unpaired) electrons. The van der Waals surface area contributed by atoms with Crippen molar-refractivity contribution in [2.75, 3.05) is 57.9 Å². The lowest BCUT2D eigenvalue weighted by Crippen LogP contribution is -2.38. The van der Waals surface area contributed by atoms with Crippen molar-refractivity contribution in [3.8, 4) is 0 Å². The molecule has 1 fully saturated rings. The summed E-state index contributed by atoms with van der Waals surface area (Å²) < 4.78 is 24.3. The van der Waals surface area contributed by atoms with Crippen LogP contribution in [0.15, 0.2) is 29.3 Å². The van der Waals surface area contributed by atoms with Crippen molar-refractivity contribution in [2.24, 2.45) is 4.99 Å². The van der Waals surface area contributed by atoms with Crippen molar-refractivity contribution in [3.63, 3.8) is 0 Å². The van der Waals surface area contributed by atoms with Gasteiger partial charge in [0, 0.05) is 52.1 Å². The molecular weight excluding hydrogens is 474 g/mol. The topological polar surface area (TPSA) is 58.1 Å². The van der Waals surface area contributed by atoms with Crippen LogP contribution in [0.25, 0.3) is 0 Å². The van der Waals surface area contributed by atoms with Gasteiger partial charge in [-0.2, -0.15) is 0 Å². The van der Waals surface area contributed by atoms with E-state index in [-0.39, 0.29) is 35.9 Å². The maximum absolute atomic E-state index is 13.3. The van der Waals surface area contributed by atoms with Gasteiger partial charge in [0.1, 0.15) is 5.82 Å². The molecule has 1 atom stereocenters. The van der Waals surface area contributed by atoms with E-state index in [1.165, 1.54) is 6.07 Å². The second-order valence-electron chi connectivity index (χ2n) is 6.65. The molecule has 0 spiro atoms. The molecule has 1 aliphatic rings. The lowest BCUT2D eigenvalue weighted by atomic mass is 10.2. The quantitative estimate of drug-likeness (QED) is 0.208. The molecule has 2 N–H and O–H groups in total. The monoisotopic (exact) mass is 508 g/mol. The fourth-order valence-corrected chi connectivity index (χ4v) is 2.86. The van der Waals surface area contributed by atoms with Crippen LogP contribution in [-0.4, -0.2) is 65.1 Å². The number of halogens is 2. The van der Waals surface area contributed by atoms with Crippen molar-refractivity contribution in [2.45, 2.75) is 32.3 Å². The average molecular weight is 508 g/mol. The zero-order chi connectivity index (χ0) is 19.3. The minimum Gasteiger partial charge on any atom is -0.379 e. The molecule has 1 unspecified atom stereocenters. The van der Waals surface area contributed by atoms with Gasteiger partial charge in [-0.3, -0.25) is 4.99 Å². The summed E-state index contributed by atoms with van der Waals surface area (Å²) in [5, 5.41) is 6.59. The van der Waals surface area contributed by atoms with E-state index in [0.29, 0.717) is 6.54 Å². The molecular formula is C20H34FIN4O2. The first kappa shape index (κ1) is 24.9. The molecule has 1 aromatic rings. The number of hydrogen-bond donors (Lipinski definition) is 2. The molecule has 28 heavy (non-hydrogen) atoms. The fourth-order valence-electron chi connectivity index (χ4n) is 2.86. The summed E-state index contributed by atoms with van der Waals surface area (Å²) in [5.41, 5.74) is 0.886. The number of ether oxygens (including phenoxy) is 2. The van der Waals surface area contributed by atoms with Crippen LogP contribution in [0.4, 0.5) is 10.1 Å². The molecule has 1 aliphatic heterocycles. The first-order valence-corrected chi connectivity index (χ1v) is 9.87. The van der Waals surface area contributed by atoms with Crippen LogP contribution in [0.2, 0.25) is 0 Å². The third kappa shape index (κ3) is 9.88. The molecule has 1 heterocycles. The van der Waals surface area contributed by atoms with Crippen molar-refractivity contribution in [1.29, 1.82) is 0 Å². The van der Waals surface area contributed by atoms with Crippen molar-refractivity contribution in [1.82, 2.24) is 10.6 Å². The van der Waals surface area contributed by atoms with Crippen molar-refractivity contribution in [3.05, 3.63) is 30.1 Å². The van der Waals surface area contributed by atoms with Gasteiger partial charge in [-0.1, -0.05) is 6.07 Å². The summed E-state index contributed by atoms with van der Waals surface area (Å²) in [6.07, 6.45) is 3.10. The number of anilines is 1. The van der Waals surface area contributed by atoms with Gasteiger partial charge in [-0.05, 0) is 44.4 Å². The molecule has 0 bridgehead atoms. The van der Waals surface area contributed by atoms with E-state index in [2.05, 4.69) is 22.5 Å². The largest absolute Gasteiger partial charge is 0.379 e. The number of hydrogen-bond acceptors (Lipinski definition) is 4. The van der Waals surface area contributed by atoms with Crippen molar-refractivity contribution >= 4 is 35.6 Å². The van der Waals surface area contributed by atoms with Crippen LogP contribution in [0.1, 0.15) is 26.2 Å². The number of aliphatic imine (C=N–C) groups is 1. The molecule has 1 aromatic carbocycles. The van der Waals surface area contributed by atoms with Gasteiger partial charge in [0.25, 0.3) is 0 Å². The maximum Gasteiger partial charge on any atom is 0.191 e. The summed E-state index contributed by atoms with van der Waals surface area (Å²) >= 11 is 0. The first-order valence-electron chi connectivity index (χ1n) is 9.87. The Hall–Kier alpha value is -1.13. The summed E-state index contributed by atoms with van der Waals surface area (Å²) in [5.74, 6) is 0.621. The second kappa shape index (κ2) is 14.8. The van der Waals surface area contributed by atoms with Crippen LogP contribution in [0, 0.1) is 5.82 Å². The Morgan fingerprint density at radius 2 is 2.21 bits per heavy atom. The zero-order valence-electron chi connectivity index (χ0n) is 17.0. The van der Waals surface area contributed by atoms with Crippen LogP contribution in [0.3, 0.4) is 0 Å². The predicted molar refractivity (Wildman–Crippen MR) is 123 cm³/mol. The highest BCUT2D eigenvalue weighted by Crippen LogP contribution is 2.13. The smallest absolute Gasteiger partial charge is 0.191 e. The summed E-state index contributed by atoms with van der Waals surface area (Å²) in [6.45, 7) is 7.51. The van der Waals surface area contributed by atoms with Crippen LogP contribution in [-0.2, 0) is 9.47 Å². The van der Waals surface area contributed by atoms with Gasteiger partial charge >= 0.3 is 0 Å². The van der Waals surface area contributed by atoms with Crippen LogP contribution >= 0.6 is 24.0 Å². The average Bonchev–Trinajstić information content (AvgIpc) is 3.18. The highest BCUT2D eigenvalue weighted by Gasteiger charge is 2.15. The highest BCUT2D eigenvalue weighted by molar-refractivity contribution is 14.0. The van der Waals surface area contributed by atoms with E-state index in [0.717, 1.165) is 70.4 Å². The maximum atomic E-state index is 13.3. The molecule has 2 rings (SSSR count). The summed E-state index contributed by atoms with van der Waals surface area (Å²) in [4.78, 5) is 6.65. The Bertz CT molecular complexity index is 571. The number of rotatable bonds is 11. The summed E-state index contributed by atoms with van der Waals surface area (Å²) in [7, 11) is 1.97. The second-order valence-corrected chi connectivity index (χ2v) is 6.65. The molecule has 0 saturated carbocycles. The Labute approximate surface area is 185 Å². The van der Waals surface area contributed by atoms with E-state index in [1.807, 2.05) is 18.0 Å². The normalized spacial score (nSPS) is 16.5. The van der Waals surface area contributed by atoms with Gasteiger partial charge in [0.2, 0.25) is 0 Å². The molecule has 6 nitrogen and oxygen atoms in total. The lowest BCUT2D eigenvalue weighted by Gasteiger charge is -2.19. The number of nitrogens with zero attached hydrogens (tertiary/aromatic N) is 2. The molecule has 160 valence electrons. The van der Waals surface area contributed by atoms with Crippen LogP contribution < -0.4 is 15.5 Å². The van der Waals surface area contributed by atoms with E-state index in [9.17, 15) is 4.39 Å². The van der Waals surface area contributed by atoms with Gasteiger partial charge < -0.3 is 25.0 Å². The number of benzene rings is 1. The minimum absolute atomic E-state index is 0. The molecule has 8 heteroatoms. The predicted octanol–water partition coefficient (Wildman–Crippen LogP) is 3.02. The SMILES string of the molecule is CCNC(=NCCCN(C)c1cccc(F)c1)NCCCOC1CCOC1.I. The fraction of sp³-hybridized carbons (Fsp3) is 0.650. The van der Waals surface area contributed by atoms with E-state index >= 15 is 0 Å². The van der Waals surface area contributed by atoms with Crippen molar-refractivity contribution < 1.29 is 13.9 Å². The number of nitrogens with one attached hydrogen (secondary N) is 2. The zero-order valence-corrected chi connectivity index (χ0v) is 19.3. The lowest BCUT2D eigenvalue weighted by molar-refractivity contribution is 0.0420. The summed E-state index contributed by atoms with van der Waals surface area (Å²) in [6, 6.07) is 6.66. The Balaban J connectivity index is 0.00000392. The minimum atomic E-state index is -0.208. The van der Waals surface area contributed by atoms with E-state index in [4.69, 9.17) is 9.47 Å². The third-order valence-corrected chi connectivity index (χ3v) is 4.37. The van der Waals surface area contributed by atoms with E-state index in [1.54, 1.807) is 12.1 Å². The Morgan fingerprint density at radius 1 is 1.36 bits per heavy atom. The Morgan fingerprint density at radius 3 is 2.93 bits per heavy atom. The van der Waals surface area contributed by atoms with Gasteiger partial charge in [0.05, 0.1) is 12.7 Å². The number of guanidine groups is 1. The highest BCUT2D eigenvalue weighted by atomic mass is 127. The standard InChI is InChI=1S/C20H33FN4O2.HI/c1-3-22-20(24-11-6-13-27-19-9-14-26-16-19)23-10-5-12-25(2)18-8-4-7-17(21)15-18;/h4,7-8,15,19H,3,5-6,9-14,16H2,1-2H3,(H2,22,23,24);1H. The van der Waals surface area contributed by atoms with Gasteiger partial charge in [-0.15, -0.1) is 24.0 Å². The third-order valence-electron chi connectivity index (χ3n) is 4.37. The molecule has 1 saturated heterocycles. The molecule has 0 aliphatic carbocycles. The Kier molecular flexibility index (Phi) is 13.2.